The highest BCUT2D eigenvalue weighted by Gasteiger charge is 2.22. The van der Waals surface area contributed by atoms with Gasteiger partial charge in [-0.15, -0.1) is 11.3 Å². The molecule has 6 nitrogen and oxygen atoms in total. The number of piperazine rings is 1. The Labute approximate surface area is 193 Å². The van der Waals surface area contributed by atoms with Gasteiger partial charge in [-0.1, -0.05) is 24.3 Å². The zero-order valence-electron chi connectivity index (χ0n) is 18.6. The summed E-state index contributed by atoms with van der Waals surface area (Å²) in [6.45, 7) is 6.66. The van der Waals surface area contributed by atoms with Crippen LogP contribution in [0.3, 0.4) is 0 Å². The molecule has 1 fully saturated rings. The van der Waals surface area contributed by atoms with Crippen LogP contribution in [0.25, 0.3) is 11.3 Å². The van der Waals surface area contributed by atoms with Crippen LogP contribution in [0, 0.1) is 0 Å². The Hall–Kier alpha value is -2.90. The molecule has 2 heterocycles. The van der Waals surface area contributed by atoms with Crippen molar-refractivity contribution in [2.24, 2.45) is 0 Å². The Bertz CT molecular complexity index is 1030. The number of ether oxygens (including phenoxy) is 2. The van der Waals surface area contributed by atoms with Crippen molar-refractivity contribution >= 4 is 17.2 Å². The minimum Gasteiger partial charge on any atom is -0.497 e. The smallest absolute Gasteiger partial charge is 0.227 e. The van der Waals surface area contributed by atoms with Crippen molar-refractivity contribution in [1.29, 1.82) is 0 Å². The van der Waals surface area contributed by atoms with Gasteiger partial charge in [0.2, 0.25) is 5.91 Å². The van der Waals surface area contributed by atoms with E-state index in [1.165, 1.54) is 0 Å². The number of aromatic nitrogens is 1. The van der Waals surface area contributed by atoms with Crippen molar-refractivity contribution in [2.45, 2.75) is 19.9 Å². The van der Waals surface area contributed by atoms with E-state index in [0.29, 0.717) is 13.0 Å². The SMILES string of the molecule is CCOc1ccc(CC(=O)N2CCN(Cc3nc(-c4cccc(OC)c4)cs3)CC2)cc1. The lowest BCUT2D eigenvalue weighted by atomic mass is 10.1. The van der Waals surface area contributed by atoms with Crippen LogP contribution < -0.4 is 9.47 Å². The summed E-state index contributed by atoms with van der Waals surface area (Å²) < 4.78 is 10.8. The maximum Gasteiger partial charge on any atom is 0.227 e. The molecule has 32 heavy (non-hydrogen) atoms. The predicted molar refractivity (Wildman–Crippen MR) is 127 cm³/mol. The van der Waals surface area contributed by atoms with Crippen molar-refractivity contribution in [1.82, 2.24) is 14.8 Å². The number of carbonyl (C=O) groups is 1. The first kappa shape index (κ1) is 22.3. The Kier molecular flexibility index (Phi) is 7.39. The van der Waals surface area contributed by atoms with Gasteiger partial charge in [-0.05, 0) is 36.8 Å². The molecule has 0 aliphatic carbocycles. The van der Waals surface area contributed by atoms with Crippen molar-refractivity contribution in [3.05, 3.63) is 64.5 Å². The summed E-state index contributed by atoms with van der Waals surface area (Å²) in [5, 5.41) is 3.19. The number of methoxy groups -OCH3 is 1. The third-order valence-electron chi connectivity index (χ3n) is 5.59. The molecule has 0 bridgehead atoms. The largest absolute Gasteiger partial charge is 0.497 e. The molecule has 2 aromatic carbocycles. The van der Waals surface area contributed by atoms with Crippen molar-refractivity contribution < 1.29 is 14.3 Å². The van der Waals surface area contributed by atoms with Gasteiger partial charge < -0.3 is 14.4 Å². The molecule has 4 rings (SSSR count). The van der Waals surface area contributed by atoms with Gasteiger partial charge in [0.25, 0.3) is 0 Å². The molecule has 0 N–H and O–H groups in total. The first-order valence-corrected chi connectivity index (χ1v) is 11.8. The summed E-state index contributed by atoms with van der Waals surface area (Å²) in [4.78, 5) is 21.9. The number of benzene rings is 2. The van der Waals surface area contributed by atoms with Gasteiger partial charge in [-0.25, -0.2) is 4.98 Å². The molecule has 0 spiro atoms. The molecule has 1 amide bonds. The van der Waals surface area contributed by atoms with Gasteiger partial charge >= 0.3 is 0 Å². The number of thiazole rings is 1. The van der Waals surface area contributed by atoms with Crippen molar-refractivity contribution in [3.63, 3.8) is 0 Å². The van der Waals surface area contributed by atoms with Gasteiger partial charge in [0, 0.05) is 37.1 Å². The fourth-order valence-electron chi connectivity index (χ4n) is 3.80. The lowest BCUT2D eigenvalue weighted by Crippen LogP contribution is -2.48. The maximum absolute atomic E-state index is 12.7. The molecule has 7 heteroatoms. The van der Waals surface area contributed by atoms with Crippen LogP contribution >= 0.6 is 11.3 Å². The predicted octanol–water partition coefficient (Wildman–Crippen LogP) is 4.10. The Morgan fingerprint density at radius 3 is 2.56 bits per heavy atom. The van der Waals surface area contributed by atoms with Gasteiger partial charge in [0.1, 0.15) is 16.5 Å². The van der Waals surface area contributed by atoms with E-state index in [-0.39, 0.29) is 5.91 Å². The van der Waals surface area contributed by atoms with Crippen LogP contribution in [0.2, 0.25) is 0 Å². The van der Waals surface area contributed by atoms with Crippen LogP contribution in [0.15, 0.2) is 53.9 Å². The average Bonchev–Trinajstić information content (AvgIpc) is 3.29. The third kappa shape index (κ3) is 5.66. The number of hydrogen-bond acceptors (Lipinski definition) is 6. The minimum atomic E-state index is 0.184. The molecular weight excluding hydrogens is 422 g/mol. The molecule has 0 atom stereocenters. The zero-order chi connectivity index (χ0) is 22.3. The normalized spacial score (nSPS) is 14.4. The van der Waals surface area contributed by atoms with Crippen LogP contribution in [-0.2, 0) is 17.8 Å². The number of hydrogen-bond donors (Lipinski definition) is 0. The first-order valence-electron chi connectivity index (χ1n) is 11.0. The van der Waals surface area contributed by atoms with E-state index in [4.69, 9.17) is 14.5 Å². The van der Waals surface area contributed by atoms with E-state index < -0.39 is 0 Å². The highest BCUT2D eigenvalue weighted by Crippen LogP contribution is 2.26. The molecule has 1 aliphatic rings. The van der Waals surface area contributed by atoms with Crippen LogP contribution in [-0.4, -0.2) is 60.6 Å². The van der Waals surface area contributed by atoms with Crippen LogP contribution in [0.4, 0.5) is 0 Å². The second-order valence-corrected chi connectivity index (χ2v) is 8.71. The molecule has 0 radical (unpaired) electrons. The van der Waals surface area contributed by atoms with Gasteiger partial charge in [0.05, 0.1) is 32.4 Å². The summed E-state index contributed by atoms with van der Waals surface area (Å²) in [5.74, 6) is 1.86. The number of rotatable bonds is 8. The summed E-state index contributed by atoms with van der Waals surface area (Å²) in [6.07, 6.45) is 0.433. The standard InChI is InChI=1S/C25H29N3O3S/c1-3-31-21-9-7-19(8-10-21)15-25(29)28-13-11-27(12-14-28)17-24-26-23(18-32-24)20-5-4-6-22(16-20)30-2/h4-10,16,18H,3,11-15,17H2,1-2H3. The Morgan fingerprint density at radius 1 is 1.06 bits per heavy atom. The van der Waals surface area contributed by atoms with Gasteiger partial charge in [0.15, 0.2) is 0 Å². The van der Waals surface area contributed by atoms with Crippen molar-refractivity contribution in [3.8, 4) is 22.8 Å². The minimum absolute atomic E-state index is 0.184. The third-order valence-corrected chi connectivity index (χ3v) is 6.42. The lowest BCUT2D eigenvalue weighted by Gasteiger charge is -2.34. The maximum atomic E-state index is 12.7. The molecule has 0 saturated carbocycles. The van der Waals surface area contributed by atoms with E-state index in [9.17, 15) is 4.79 Å². The molecule has 168 valence electrons. The van der Waals surface area contributed by atoms with Gasteiger partial charge in [-0.3, -0.25) is 9.69 Å². The monoisotopic (exact) mass is 451 g/mol. The van der Waals surface area contributed by atoms with E-state index in [0.717, 1.165) is 66.1 Å². The number of nitrogens with zero attached hydrogens (tertiary/aromatic N) is 3. The van der Waals surface area contributed by atoms with E-state index in [2.05, 4.69) is 16.3 Å². The summed E-state index contributed by atoms with van der Waals surface area (Å²) in [6, 6.07) is 15.8. The highest BCUT2D eigenvalue weighted by molar-refractivity contribution is 7.09. The van der Waals surface area contributed by atoms with E-state index in [1.54, 1.807) is 18.4 Å². The van der Waals surface area contributed by atoms with Crippen LogP contribution in [0.5, 0.6) is 11.5 Å². The Morgan fingerprint density at radius 2 is 1.84 bits per heavy atom. The summed E-state index contributed by atoms with van der Waals surface area (Å²) in [7, 11) is 1.67. The average molecular weight is 452 g/mol. The second kappa shape index (κ2) is 10.6. The number of amides is 1. The zero-order valence-corrected chi connectivity index (χ0v) is 19.4. The molecule has 1 aliphatic heterocycles. The summed E-state index contributed by atoms with van der Waals surface area (Å²) >= 11 is 1.68. The molecule has 1 saturated heterocycles. The fourth-order valence-corrected chi connectivity index (χ4v) is 4.65. The summed E-state index contributed by atoms with van der Waals surface area (Å²) in [5.41, 5.74) is 3.07. The number of carbonyl (C=O) groups excluding carboxylic acids is 1. The van der Waals surface area contributed by atoms with E-state index in [1.807, 2.05) is 54.3 Å². The molecule has 1 aromatic heterocycles. The van der Waals surface area contributed by atoms with Crippen LogP contribution in [0.1, 0.15) is 17.5 Å². The fraction of sp³-hybridized carbons (Fsp3) is 0.360. The Balaban J connectivity index is 1.26. The van der Waals surface area contributed by atoms with E-state index >= 15 is 0 Å². The molecular formula is C25H29N3O3S. The lowest BCUT2D eigenvalue weighted by molar-refractivity contribution is -0.132. The van der Waals surface area contributed by atoms with Gasteiger partial charge in [-0.2, -0.15) is 0 Å². The highest BCUT2D eigenvalue weighted by atomic mass is 32.1. The molecule has 3 aromatic rings. The molecule has 0 unspecified atom stereocenters. The van der Waals surface area contributed by atoms with Crippen molar-refractivity contribution in [2.75, 3.05) is 39.9 Å². The second-order valence-electron chi connectivity index (χ2n) is 7.77. The first-order chi connectivity index (χ1) is 15.6. The quantitative estimate of drug-likeness (QED) is 0.516. The topological polar surface area (TPSA) is 54.9 Å².